The lowest BCUT2D eigenvalue weighted by molar-refractivity contribution is -0.184. The normalized spacial score (nSPS) is 19.1. The Morgan fingerprint density at radius 1 is 1.38 bits per heavy atom. The van der Waals surface area contributed by atoms with Crippen LogP contribution in [0.3, 0.4) is 0 Å². The molecule has 6 heteroatoms. The molecule has 0 atom stereocenters. The molecule has 13 heavy (non-hydrogen) atoms. The molecule has 1 saturated heterocycles. The topological polar surface area (TPSA) is 76.1 Å². The highest BCUT2D eigenvalue weighted by atomic mass is 16.6. The van der Waals surface area contributed by atoms with Gasteiger partial charge in [-0.25, -0.2) is 9.59 Å². The number of likely N-dealkylation sites (tertiary alicyclic amines) is 1. The molecule has 1 aliphatic rings. The molecule has 0 aromatic heterocycles. The number of rotatable bonds is 2. The van der Waals surface area contributed by atoms with Crippen molar-refractivity contribution in [2.24, 2.45) is 0 Å². The average Bonchev–Trinajstić information content (AvgIpc) is 2.02. The Labute approximate surface area is 75.0 Å². The van der Waals surface area contributed by atoms with Crippen LogP contribution < -0.4 is 0 Å². The van der Waals surface area contributed by atoms with Crippen molar-refractivity contribution in [3.8, 4) is 0 Å². The van der Waals surface area contributed by atoms with Gasteiger partial charge in [-0.05, 0) is 0 Å². The summed E-state index contributed by atoms with van der Waals surface area (Å²) in [5.74, 6) is -0.535. The Bertz CT molecular complexity index is 233. The lowest BCUT2D eigenvalue weighted by Crippen LogP contribution is -2.68. The van der Waals surface area contributed by atoms with Crippen LogP contribution in [0.1, 0.15) is 0 Å². The van der Waals surface area contributed by atoms with Crippen LogP contribution in [-0.2, 0) is 14.3 Å². The second-order valence-corrected chi connectivity index (χ2v) is 2.83. The Morgan fingerprint density at radius 2 is 1.92 bits per heavy atom. The number of hydrogen-bond donors (Lipinski definition) is 1. The summed E-state index contributed by atoms with van der Waals surface area (Å²) in [4.78, 5) is 22.6. The Hall–Kier alpha value is -1.30. The van der Waals surface area contributed by atoms with E-state index in [2.05, 4.69) is 4.74 Å². The van der Waals surface area contributed by atoms with E-state index in [1.807, 2.05) is 0 Å². The number of carbonyl (C=O) groups excluding carboxylic acids is 1. The van der Waals surface area contributed by atoms with Crippen LogP contribution in [0.2, 0.25) is 0 Å². The molecular weight excluding hydrogens is 178 g/mol. The van der Waals surface area contributed by atoms with Gasteiger partial charge in [0.1, 0.15) is 0 Å². The minimum absolute atomic E-state index is 0.0332. The van der Waals surface area contributed by atoms with E-state index in [1.165, 1.54) is 14.2 Å². The zero-order valence-corrected chi connectivity index (χ0v) is 7.44. The number of ether oxygens (including phenoxy) is 2. The fourth-order valence-corrected chi connectivity index (χ4v) is 1.23. The average molecular weight is 189 g/mol. The van der Waals surface area contributed by atoms with Crippen LogP contribution in [0, 0.1) is 0 Å². The van der Waals surface area contributed by atoms with E-state index < -0.39 is 17.7 Å². The number of methoxy groups -OCH3 is 2. The standard InChI is InChI=1S/C7H11NO5/c1-12-5(9)7(13-2)3-8(4-7)6(10)11/h3-4H2,1-2H3,(H,10,11). The molecule has 6 nitrogen and oxygen atoms in total. The highest BCUT2D eigenvalue weighted by molar-refractivity contribution is 5.84. The zero-order valence-electron chi connectivity index (χ0n) is 7.44. The van der Waals surface area contributed by atoms with Gasteiger partial charge < -0.3 is 19.5 Å². The van der Waals surface area contributed by atoms with E-state index in [0.29, 0.717) is 0 Å². The van der Waals surface area contributed by atoms with Crippen LogP contribution in [0.5, 0.6) is 0 Å². The van der Waals surface area contributed by atoms with Crippen LogP contribution >= 0.6 is 0 Å². The number of hydrogen-bond acceptors (Lipinski definition) is 4. The van der Waals surface area contributed by atoms with Gasteiger partial charge in [-0.2, -0.15) is 0 Å². The predicted molar refractivity (Wildman–Crippen MR) is 41.4 cm³/mol. The van der Waals surface area contributed by atoms with Crippen LogP contribution in [0.15, 0.2) is 0 Å². The molecule has 0 aromatic carbocycles. The molecule has 1 rings (SSSR count). The second kappa shape index (κ2) is 3.21. The highest BCUT2D eigenvalue weighted by Crippen LogP contribution is 2.25. The van der Waals surface area contributed by atoms with Gasteiger partial charge in [0.05, 0.1) is 20.2 Å². The fourth-order valence-electron chi connectivity index (χ4n) is 1.23. The third-order valence-corrected chi connectivity index (χ3v) is 2.11. The molecule has 0 aliphatic carbocycles. The lowest BCUT2D eigenvalue weighted by Gasteiger charge is -2.44. The van der Waals surface area contributed by atoms with E-state index in [1.54, 1.807) is 0 Å². The summed E-state index contributed by atoms with van der Waals surface area (Å²) in [6, 6.07) is 0. The van der Waals surface area contributed by atoms with Gasteiger partial charge in [-0.3, -0.25) is 0 Å². The van der Waals surface area contributed by atoms with Gasteiger partial charge in [-0.15, -0.1) is 0 Å². The first-order chi connectivity index (χ1) is 6.05. The molecule has 1 heterocycles. The van der Waals surface area contributed by atoms with Crippen molar-refractivity contribution >= 4 is 12.1 Å². The van der Waals surface area contributed by atoms with Crippen LogP contribution in [0.4, 0.5) is 4.79 Å². The van der Waals surface area contributed by atoms with Crippen molar-refractivity contribution in [2.45, 2.75) is 5.60 Å². The van der Waals surface area contributed by atoms with Crippen molar-refractivity contribution < 1.29 is 24.2 Å². The maximum atomic E-state index is 11.1. The monoisotopic (exact) mass is 189 g/mol. The molecule has 1 aliphatic heterocycles. The minimum atomic E-state index is -1.09. The summed E-state index contributed by atoms with van der Waals surface area (Å²) in [7, 11) is 2.60. The molecule has 0 radical (unpaired) electrons. The van der Waals surface area contributed by atoms with Crippen LogP contribution in [0.25, 0.3) is 0 Å². The smallest absolute Gasteiger partial charge is 0.407 e. The van der Waals surface area contributed by atoms with E-state index in [0.717, 1.165) is 4.90 Å². The Kier molecular flexibility index (Phi) is 2.42. The van der Waals surface area contributed by atoms with E-state index in [4.69, 9.17) is 9.84 Å². The van der Waals surface area contributed by atoms with Gasteiger partial charge in [0.25, 0.3) is 0 Å². The van der Waals surface area contributed by atoms with Crippen molar-refractivity contribution in [2.75, 3.05) is 27.3 Å². The summed E-state index contributed by atoms with van der Waals surface area (Å²) in [5, 5.41) is 8.53. The lowest BCUT2D eigenvalue weighted by atomic mass is 9.94. The Morgan fingerprint density at radius 3 is 2.23 bits per heavy atom. The molecule has 0 aromatic rings. The minimum Gasteiger partial charge on any atom is -0.467 e. The molecule has 0 bridgehead atoms. The van der Waals surface area contributed by atoms with E-state index in [-0.39, 0.29) is 13.1 Å². The summed E-state index contributed by atoms with van der Waals surface area (Å²) in [6.07, 6.45) is -1.06. The Balaban J connectivity index is 2.60. The first-order valence-corrected chi connectivity index (χ1v) is 3.67. The van der Waals surface area contributed by atoms with Gasteiger partial charge in [0.15, 0.2) is 5.60 Å². The molecule has 1 fully saturated rings. The first-order valence-electron chi connectivity index (χ1n) is 3.67. The van der Waals surface area contributed by atoms with Gasteiger partial charge >= 0.3 is 12.1 Å². The SMILES string of the molecule is COC(=O)C1(OC)CN(C(=O)O)C1. The van der Waals surface area contributed by atoms with E-state index >= 15 is 0 Å². The fraction of sp³-hybridized carbons (Fsp3) is 0.714. The number of carboxylic acid groups (broad SMARTS) is 1. The van der Waals surface area contributed by atoms with Crippen molar-refractivity contribution in [1.82, 2.24) is 4.90 Å². The molecule has 0 unspecified atom stereocenters. The number of carbonyl (C=O) groups is 2. The van der Waals surface area contributed by atoms with Gasteiger partial charge in [0.2, 0.25) is 0 Å². The summed E-state index contributed by atoms with van der Waals surface area (Å²) in [5.41, 5.74) is -1.09. The largest absolute Gasteiger partial charge is 0.467 e. The number of amides is 1. The summed E-state index contributed by atoms with van der Waals surface area (Å²) in [6.45, 7) is 0.0665. The molecule has 1 amide bonds. The second-order valence-electron chi connectivity index (χ2n) is 2.83. The summed E-state index contributed by atoms with van der Waals surface area (Å²) < 4.78 is 9.42. The molecule has 1 N–H and O–H groups in total. The third kappa shape index (κ3) is 1.44. The van der Waals surface area contributed by atoms with Crippen molar-refractivity contribution in [3.05, 3.63) is 0 Å². The van der Waals surface area contributed by atoms with Crippen molar-refractivity contribution in [1.29, 1.82) is 0 Å². The highest BCUT2D eigenvalue weighted by Gasteiger charge is 2.53. The van der Waals surface area contributed by atoms with Crippen molar-refractivity contribution in [3.63, 3.8) is 0 Å². The van der Waals surface area contributed by atoms with E-state index in [9.17, 15) is 9.59 Å². The first kappa shape index (κ1) is 9.79. The van der Waals surface area contributed by atoms with Gasteiger partial charge in [0, 0.05) is 7.11 Å². The number of nitrogens with zero attached hydrogens (tertiary/aromatic N) is 1. The van der Waals surface area contributed by atoms with Gasteiger partial charge in [-0.1, -0.05) is 0 Å². The quantitative estimate of drug-likeness (QED) is 0.595. The van der Waals surface area contributed by atoms with Crippen LogP contribution in [-0.4, -0.2) is 55.0 Å². The molecule has 0 saturated carbocycles. The summed E-state index contributed by atoms with van der Waals surface area (Å²) >= 11 is 0. The zero-order chi connectivity index (χ0) is 10.1. The maximum absolute atomic E-state index is 11.1. The predicted octanol–water partition coefficient (Wildman–Crippen LogP) is -0.462. The maximum Gasteiger partial charge on any atom is 0.407 e. The number of esters is 1. The molecule has 0 spiro atoms. The molecule has 74 valence electrons. The molecular formula is C7H11NO5. The third-order valence-electron chi connectivity index (χ3n) is 2.11.